The Morgan fingerprint density at radius 3 is 2.85 bits per heavy atom. The molecule has 5 nitrogen and oxygen atoms in total. The van der Waals surface area contributed by atoms with E-state index in [0.717, 1.165) is 41.7 Å². The van der Waals surface area contributed by atoms with Crippen molar-refractivity contribution in [3.8, 4) is 17.1 Å². The maximum Gasteiger partial charge on any atom is 0.191 e. The number of hydrogen-bond donors (Lipinski definition) is 1. The number of ether oxygens (including phenoxy) is 1. The van der Waals surface area contributed by atoms with Gasteiger partial charge in [-0.1, -0.05) is 11.8 Å². The fourth-order valence-corrected chi connectivity index (χ4v) is 3.22. The topological polar surface area (TPSA) is 60.2 Å². The van der Waals surface area contributed by atoms with Crippen molar-refractivity contribution in [1.82, 2.24) is 14.8 Å². The van der Waals surface area contributed by atoms with Crippen LogP contribution in [0.2, 0.25) is 0 Å². The molecule has 0 bridgehead atoms. The minimum atomic E-state index is 0.254. The summed E-state index contributed by atoms with van der Waals surface area (Å²) in [4.78, 5) is 0. The van der Waals surface area contributed by atoms with Crippen molar-refractivity contribution < 1.29 is 9.84 Å². The molecule has 106 valence electrons. The molecule has 2 heterocycles. The van der Waals surface area contributed by atoms with Gasteiger partial charge in [-0.2, -0.15) is 0 Å². The third kappa shape index (κ3) is 2.81. The zero-order valence-electron chi connectivity index (χ0n) is 11.3. The number of phenolic OH excluding ortho intramolecular Hbond substituents is 1. The predicted molar refractivity (Wildman–Crippen MR) is 77.8 cm³/mol. The van der Waals surface area contributed by atoms with Crippen LogP contribution in [0.25, 0.3) is 11.4 Å². The lowest BCUT2D eigenvalue weighted by Crippen LogP contribution is -2.08. The molecule has 1 aliphatic rings. The number of phenols is 1. The van der Waals surface area contributed by atoms with Gasteiger partial charge in [0, 0.05) is 25.0 Å². The summed E-state index contributed by atoms with van der Waals surface area (Å²) in [6, 6.07) is 6.99. The molecule has 0 aliphatic carbocycles. The molecule has 20 heavy (non-hydrogen) atoms. The first-order valence-corrected chi connectivity index (χ1v) is 7.66. The molecule has 1 aromatic carbocycles. The van der Waals surface area contributed by atoms with E-state index in [4.69, 9.17) is 4.74 Å². The second-order valence-corrected chi connectivity index (χ2v) is 5.85. The molecule has 1 fully saturated rings. The highest BCUT2D eigenvalue weighted by molar-refractivity contribution is 7.99. The number of aromatic nitrogens is 3. The Morgan fingerprint density at radius 2 is 2.15 bits per heavy atom. The Balaban J connectivity index is 1.72. The van der Waals surface area contributed by atoms with Crippen LogP contribution in [0.3, 0.4) is 0 Å². The fourth-order valence-electron chi connectivity index (χ4n) is 2.25. The highest BCUT2D eigenvalue weighted by Gasteiger charge is 2.18. The largest absolute Gasteiger partial charge is 0.508 e. The van der Waals surface area contributed by atoms with Crippen molar-refractivity contribution in [2.45, 2.75) is 24.1 Å². The number of nitrogens with zero attached hydrogens (tertiary/aromatic N) is 3. The molecule has 0 amide bonds. The fraction of sp³-hybridized carbons (Fsp3) is 0.429. The Kier molecular flexibility index (Phi) is 3.93. The quantitative estimate of drug-likeness (QED) is 0.877. The third-order valence-corrected chi connectivity index (χ3v) is 4.53. The molecule has 0 saturated carbocycles. The van der Waals surface area contributed by atoms with Crippen LogP contribution in [-0.4, -0.2) is 38.3 Å². The normalized spacial score (nSPS) is 18.6. The van der Waals surface area contributed by atoms with Crippen molar-refractivity contribution in [2.75, 3.05) is 12.4 Å². The number of benzene rings is 1. The highest BCUT2D eigenvalue weighted by atomic mass is 32.2. The first kappa shape index (κ1) is 13.5. The molecule has 0 radical (unpaired) electrons. The summed E-state index contributed by atoms with van der Waals surface area (Å²) in [5.41, 5.74) is 0.946. The van der Waals surface area contributed by atoms with Crippen LogP contribution in [-0.2, 0) is 11.8 Å². The van der Waals surface area contributed by atoms with Gasteiger partial charge in [-0.05, 0) is 37.1 Å². The van der Waals surface area contributed by atoms with E-state index in [1.54, 1.807) is 23.9 Å². The molecule has 2 aromatic rings. The second kappa shape index (κ2) is 5.85. The summed E-state index contributed by atoms with van der Waals surface area (Å²) < 4.78 is 7.59. The van der Waals surface area contributed by atoms with Gasteiger partial charge in [0.15, 0.2) is 11.0 Å². The molecule has 1 N–H and O–H groups in total. The van der Waals surface area contributed by atoms with Gasteiger partial charge >= 0.3 is 0 Å². The number of hydrogen-bond acceptors (Lipinski definition) is 5. The summed E-state index contributed by atoms with van der Waals surface area (Å²) >= 11 is 1.68. The summed E-state index contributed by atoms with van der Waals surface area (Å²) in [6.45, 7) is 0.878. The smallest absolute Gasteiger partial charge is 0.191 e. The number of thioether (sulfide) groups is 1. The number of rotatable bonds is 4. The van der Waals surface area contributed by atoms with Gasteiger partial charge in [-0.25, -0.2) is 0 Å². The molecular formula is C14H17N3O2S. The van der Waals surface area contributed by atoms with Gasteiger partial charge < -0.3 is 14.4 Å². The van der Waals surface area contributed by atoms with Crippen molar-refractivity contribution in [2.24, 2.45) is 7.05 Å². The lowest BCUT2D eigenvalue weighted by molar-refractivity contribution is 0.129. The summed E-state index contributed by atoms with van der Waals surface area (Å²) in [5.74, 6) is 1.98. The van der Waals surface area contributed by atoms with E-state index >= 15 is 0 Å². The molecule has 6 heteroatoms. The SMILES string of the molecule is Cn1c(SCC2CCCO2)nnc1-c1ccc(O)cc1. The van der Waals surface area contributed by atoms with Gasteiger partial charge in [0.25, 0.3) is 0 Å². The van der Waals surface area contributed by atoms with E-state index in [1.165, 1.54) is 0 Å². The average Bonchev–Trinajstić information content (AvgIpc) is 3.08. The van der Waals surface area contributed by atoms with Gasteiger partial charge in [0.05, 0.1) is 6.10 Å². The van der Waals surface area contributed by atoms with E-state index < -0.39 is 0 Å². The Labute approximate surface area is 122 Å². The van der Waals surface area contributed by atoms with E-state index in [9.17, 15) is 5.11 Å². The third-order valence-electron chi connectivity index (χ3n) is 3.38. The second-order valence-electron chi connectivity index (χ2n) is 4.86. The van der Waals surface area contributed by atoms with Crippen molar-refractivity contribution in [3.63, 3.8) is 0 Å². The summed E-state index contributed by atoms with van der Waals surface area (Å²) in [7, 11) is 1.96. The minimum absolute atomic E-state index is 0.254. The van der Waals surface area contributed by atoms with Gasteiger partial charge in [0.1, 0.15) is 5.75 Å². The molecule has 1 saturated heterocycles. The van der Waals surface area contributed by atoms with Crippen LogP contribution in [0.4, 0.5) is 0 Å². The van der Waals surface area contributed by atoms with E-state index in [2.05, 4.69) is 10.2 Å². The number of aromatic hydroxyl groups is 1. The maximum absolute atomic E-state index is 9.32. The lowest BCUT2D eigenvalue weighted by atomic mass is 10.2. The molecule has 1 aromatic heterocycles. The van der Waals surface area contributed by atoms with E-state index in [0.29, 0.717) is 6.10 Å². The molecule has 1 aliphatic heterocycles. The first-order chi connectivity index (χ1) is 9.74. The zero-order chi connectivity index (χ0) is 13.9. The standard InChI is InChI=1S/C14H17N3O2S/c1-17-13(10-4-6-11(18)7-5-10)15-16-14(17)20-9-12-3-2-8-19-12/h4-7,12,18H,2-3,8-9H2,1H3. The van der Waals surface area contributed by atoms with Crippen molar-refractivity contribution in [1.29, 1.82) is 0 Å². The Hall–Kier alpha value is -1.53. The van der Waals surface area contributed by atoms with E-state index in [-0.39, 0.29) is 5.75 Å². The highest BCUT2D eigenvalue weighted by Crippen LogP contribution is 2.26. The van der Waals surface area contributed by atoms with Crippen molar-refractivity contribution >= 4 is 11.8 Å². The average molecular weight is 291 g/mol. The van der Waals surface area contributed by atoms with Crippen LogP contribution < -0.4 is 0 Å². The summed E-state index contributed by atoms with van der Waals surface area (Å²) in [5, 5.41) is 18.7. The predicted octanol–water partition coefficient (Wildman–Crippen LogP) is 2.46. The van der Waals surface area contributed by atoms with Crippen LogP contribution in [0, 0.1) is 0 Å². The maximum atomic E-state index is 9.32. The Bertz CT molecular complexity index is 577. The molecule has 3 rings (SSSR count). The monoisotopic (exact) mass is 291 g/mol. The Morgan fingerprint density at radius 1 is 1.35 bits per heavy atom. The minimum Gasteiger partial charge on any atom is -0.508 e. The summed E-state index contributed by atoms with van der Waals surface area (Å²) in [6.07, 6.45) is 2.63. The van der Waals surface area contributed by atoms with Crippen LogP contribution >= 0.6 is 11.8 Å². The zero-order valence-corrected chi connectivity index (χ0v) is 12.1. The van der Waals surface area contributed by atoms with Crippen LogP contribution in [0.5, 0.6) is 5.75 Å². The van der Waals surface area contributed by atoms with Gasteiger partial charge in [-0.3, -0.25) is 0 Å². The van der Waals surface area contributed by atoms with Gasteiger partial charge in [0.2, 0.25) is 0 Å². The molecule has 1 atom stereocenters. The van der Waals surface area contributed by atoms with Crippen molar-refractivity contribution in [3.05, 3.63) is 24.3 Å². The molecular weight excluding hydrogens is 274 g/mol. The molecule has 0 spiro atoms. The molecule has 1 unspecified atom stereocenters. The lowest BCUT2D eigenvalue weighted by Gasteiger charge is -2.08. The van der Waals surface area contributed by atoms with Crippen LogP contribution in [0.15, 0.2) is 29.4 Å². The van der Waals surface area contributed by atoms with Gasteiger partial charge in [-0.15, -0.1) is 10.2 Å². The van der Waals surface area contributed by atoms with E-state index in [1.807, 2.05) is 23.7 Å². The first-order valence-electron chi connectivity index (χ1n) is 6.67. The van der Waals surface area contributed by atoms with Crippen LogP contribution in [0.1, 0.15) is 12.8 Å².